The van der Waals surface area contributed by atoms with Crippen LogP contribution in [0.1, 0.15) is 5.56 Å². The molecule has 0 atom stereocenters. The van der Waals surface area contributed by atoms with Gasteiger partial charge in [-0.05, 0) is 37.9 Å². The first kappa shape index (κ1) is 15.9. The van der Waals surface area contributed by atoms with Gasteiger partial charge in [0.05, 0.1) is 5.39 Å². The highest BCUT2D eigenvalue weighted by molar-refractivity contribution is 7.24. The van der Waals surface area contributed by atoms with Gasteiger partial charge < -0.3 is 16.0 Å². The molecular weight excluding hydrogens is 306 g/mol. The lowest BCUT2D eigenvalue weighted by Gasteiger charge is -2.14. The number of nitrogens with two attached hydrogens (primary N) is 1. The molecule has 0 saturated carbocycles. The topological polar surface area (TPSA) is 58.4 Å². The zero-order valence-corrected chi connectivity index (χ0v) is 14.2. The standard InChI is InChI=1S/C18H21N3OS/c1-21(2)10-9-20-14-8-7-12(11-19)18-16(14)17(22)13-5-3-4-6-15(13)23-18/h3-8,20H,9-11,19H2,1-2H3. The molecule has 4 nitrogen and oxygen atoms in total. The molecule has 0 amide bonds. The first-order valence-electron chi connectivity index (χ1n) is 7.68. The Kier molecular flexibility index (Phi) is 4.61. The molecule has 3 aromatic rings. The van der Waals surface area contributed by atoms with Crippen molar-refractivity contribution in [2.24, 2.45) is 5.73 Å². The van der Waals surface area contributed by atoms with Crippen molar-refractivity contribution in [3.63, 3.8) is 0 Å². The van der Waals surface area contributed by atoms with Gasteiger partial charge >= 0.3 is 0 Å². The predicted octanol–water partition coefficient (Wildman–Crippen LogP) is 2.85. The Morgan fingerprint density at radius 2 is 1.96 bits per heavy atom. The maximum absolute atomic E-state index is 13.0. The molecule has 23 heavy (non-hydrogen) atoms. The zero-order chi connectivity index (χ0) is 16.4. The molecule has 3 rings (SSSR count). The van der Waals surface area contributed by atoms with Crippen LogP contribution in [0.5, 0.6) is 0 Å². The van der Waals surface area contributed by atoms with Gasteiger partial charge in [-0.3, -0.25) is 4.79 Å². The molecule has 0 unspecified atom stereocenters. The van der Waals surface area contributed by atoms with Gasteiger partial charge in [-0.1, -0.05) is 18.2 Å². The Labute approximate surface area is 139 Å². The molecule has 0 bridgehead atoms. The van der Waals surface area contributed by atoms with Crippen LogP contribution >= 0.6 is 11.3 Å². The Morgan fingerprint density at radius 3 is 2.70 bits per heavy atom. The Balaban J connectivity index is 2.21. The summed E-state index contributed by atoms with van der Waals surface area (Å²) in [5.41, 5.74) is 7.87. The zero-order valence-electron chi connectivity index (χ0n) is 13.4. The fraction of sp³-hybridized carbons (Fsp3) is 0.278. The maximum Gasteiger partial charge on any atom is 0.197 e. The van der Waals surface area contributed by atoms with Crippen molar-refractivity contribution in [1.29, 1.82) is 0 Å². The first-order valence-corrected chi connectivity index (χ1v) is 8.49. The molecule has 0 spiro atoms. The number of hydrogen-bond donors (Lipinski definition) is 2. The first-order chi connectivity index (χ1) is 11.1. The number of nitrogens with one attached hydrogen (secondary N) is 1. The van der Waals surface area contributed by atoms with Gasteiger partial charge in [-0.15, -0.1) is 11.3 Å². The minimum atomic E-state index is 0.0806. The molecule has 0 saturated heterocycles. The Morgan fingerprint density at radius 1 is 1.17 bits per heavy atom. The average Bonchev–Trinajstić information content (AvgIpc) is 2.54. The third-order valence-electron chi connectivity index (χ3n) is 3.90. The number of likely N-dealkylation sites (N-methyl/N-ethyl adjacent to an activating group) is 1. The third-order valence-corrected chi connectivity index (χ3v) is 5.15. The molecule has 0 aliphatic heterocycles. The van der Waals surface area contributed by atoms with E-state index in [9.17, 15) is 4.79 Å². The van der Waals surface area contributed by atoms with Crippen LogP contribution < -0.4 is 16.5 Å². The monoisotopic (exact) mass is 327 g/mol. The summed E-state index contributed by atoms with van der Waals surface area (Å²) in [4.78, 5) is 15.1. The summed E-state index contributed by atoms with van der Waals surface area (Å²) in [5.74, 6) is 0. The second-order valence-electron chi connectivity index (χ2n) is 5.84. The van der Waals surface area contributed by atoms with Crippen molar-refractivity contribution in [3.8, 4) is 0 Å². The van der Waals surface area contributed by atoms with Crippen molar-refractivity contribution in [2.75, 3.05) is 32.5 Å². The summed E-state index contributed by atoms with van der Waals surface area (Å²) < 4.78 is 2.00. The lowest BCUT2D eigenvalue weighted by Crippen LogP contribution is -2.21. The van der Waals surface area contributed by atoms with Gasteiger partial charge in [0.25, 0.3) is 0 Å². The summed E-state index contributed by atoms with van der Waals surface area (Å²) >= 11 is 1.64. The van der Waals surface area contributed by atoms with Crippen LogP contribution in [0.25, 0.3) is 20.2 Å². The van der Waals surface area contributed by atoms with Crippen LogP contribution in [0.4, 0.5) is 5.69 Å². The molecule has 5 heteroatoms. The number of benzene rings is 2. The molecule has 1 heterocycles. The smallest absolute Gasteiger partial charge is 0.197 e. The van der Waals surface area contributed by atoms with E-state index in [1.165, 1.54) is 0 Å². The van der Waals surface area contributed by atoms with E-state index in [-0.39, 0.29) is 5.43 Å². The second-order valence-corrected chi connectivity index (χ2v) is 6.89. The summed E-state index contributed by atoms with van der Waals surface area (Å²) in [5, 5.41) is 4.93. The summed E-state index contributed by atoms with van der Waals surface area (Å²) in [7, 11) is 4.07. The van der Waals surface area contributed by atoms with E-state index in [4.69, 9.17) is 5.73 Å². The quantitative estimate of drug-likeness (QED) is 0.708. The SMILES string of the molecule is CN(C)CCNc1ccc(CN)c2sc3ccccc3c(=O)c12. The van der Waals surface area contributed by atoms with Crippen LogP contribution in [0.3, 0.4) is 0 Å². The molecular formula is C18H21N3OS. The number of nitrogens with zero attached hydrogens (tertiary/aromatic N) is 1. The van der Waals surface area contributed by atoms with E-state index in [0.717, 1.165) is 44.5 Å². The van der Waals surface area contributed by atoms with Crippen LogP contribution in [-0.4, -0.2) is 32.1 Å². The molecule has 2 aromatic carbocycles. The molecule has 3 N–H and O–H groups in total. The Hall–Kier alpha value is -1.95. The van der Waals surface area contributed by atoms with Gasteiger partial charge in [0, 0.05) is 40.1 Å². The third kappa shape index (κ3) is 3.08. The van der Waals surface area contributed by atoms with Crippen molar-refractivity contribution >= 4 is 37.2 Å². The second kappa shape index (κ2) is 6.66. The minimum Gasteiger partial charge on any atom is -0.383 e. The van der Waals surface area contributed by atoms with Crippen molar-refractivity contribution < 1.29 is 0 Å². The highest BCUT2D eigenvalue weighted by Gasteiger charge is 2.12. The van der Waals surface area contributed by atoms with Crippen LogP contribution in [-0.2, 0) is 6.54 Å². The summed E-state index contributed by atoms with van der Waals surface area (Å²) in [6.07, 6.45) is 0. The molecule has 120 valence electrons. The van der Waals surface area contributed by atoms with E-state index in [1.54, 1.807) is 11.3 Å². The molecule has 0 aliphatic carbocycles. The van der Waals surface area contributed by atoms with Crippen LogP contribution in [0.2, 0.25) is 0 Å². The average molecular weight is 327 g/mol. The summed E-state index contributed by atoms with van der Waals surface area (Å²) in [6.45, 7) is 2.13. The van der Waals surface area contributed by atoms with Gasteiger partial charge in [0.15, 0.2) is 5.43 Å². The normalized spacial score (nSPS) is 11.5. The van der Waals surface area contributed by atoms with Gasteiger partial charge in [-0.2, -0.15) is 0 Å². The molecule has 0 radical (unpaired) electrons. The van der Waals surface area contributed by atoms with Gasteiger partial charge in [0.2, 0.25) is 0 Å². The van der Waals surface area contributed by atoms with E-state index < -0.39 is 0 Å². The Bertz CT molecular complexity index is 902. The minimum absolute atomic E-state index is 0.0806. The van der Waals surface area contributed by atoms with Gasteiger partial charge in [-0.25, -0.2) is 0 Å². The highest BCUT2D eigenvalue weighted by Crippen LogP contribution is 2.31. The van der Waals surface area contributed by atoms with Crippen molar-refractivity contribution in [2.45, 2.75) is 6.54 Å². The maximum atomic E-state index is 13.0. The lowest BCUT2D eigenvalue weighted by atomic mass is 10.1. The number of anilines is 1. The molecule has 0 aliphatic rings. The van der Waals surface area contributed by atoms with Crippen LogP contribution in [0.15, 0.2) is 41.2 Å². The van der Waals surface area contributed by atoms with E-state index in [0.29, 0.717) is 6.54 Å². The largest absolute Gasteiger partial charge is 0.383 e. The number of fused-ring (bicyclic) bond motifs is 2. The van der Waals surface area contributed by atoms with Crippen molar-refractivity contribution in [3.05, 3.63) is 52.2 Å². The van der Waals surface area contributed by atoms with Crippen LogP contribution in [0, 0.1) is 0 Å². The molecule has 1 aromatic heterocycles. The van der Waals surface area contributed by atoms with Crippen molar-refractivity contribution in [1.82, 2.24) is 4.90 Å². The lowest BCUT2D eigenvalue weighted by molar-refractivity contribution is 0.425. The van der Waals surface area contributed by atoms with E-state index in [2.05, 4.69) is 10.2 Å². The number of rotatable bonds is 5. The van der Waals surface area contributed by atoms with Gasteiger partial charge in [0.1, 0.15) is 0 Å². The van der Waals surface area contributed by atoms with E-state index in [1.807, 2.05) is 50.5 Å². The number of hydrogen-bond acceptors (Lipinski definition) is 5. The highest BCUT2D eigenvalue weighted by atomic mass is 32.1. The fourth-order valence-corrected chi connectivity index (χ4v) is 3.90. The predicted molar refractivity (Wildman–Crippen MR) is 101 cm³/mol. The van der Waals surface area contributed by atoms with E-state index >= 15 is 0 Å². The summed E-state index contributed by atoms with van der Waals surface area (Å²) in [6, 6.07) is 11.8. The molecule has 0 fully saturated rings. The fourth-order valence-electron chi connectivity index (χ4n) is 2.68.